The van der Waals surface area contributed by atoms with Gasteiger partial charge in [-0.15, -0.1) is 0 Å². The molecule has 0 spiro atoms. The van der Waals surface area contributed by atoms with Crippen LogP contribution in [0.2, 0.25) is 0 Å². The highest BCUT2D eigenvalue weighted by molar-refractivity contribution is 5.86. The Morgan fingerprint density at radius 1 is 1.03 bits per heavy atom. The topological polar surface area (TPSA) is 32.3 Å². The number of amides is 2. The van der Waals surface area contributed by atoms with E-state index in [4.69, 9.17) is 0 Å². The van der Waals surface area contributed by atoms with Crippen molar-refractivity contribution in [1.82, 2.24) is 10.2 Å². The molecule has 0 radical (unpaired) electrons. The van der Waals surface area contributed by atoms with Crippen molar-refractivity contribution in [2.75, 3.05) is 13.6 Å². The van der Waals surface area contributed by atoms with Gasteiger partial charge in [-0.05, 0) is 34.5 Å². The smallest absolute Gasteiger partial charge is 0.327 e. The van der Waals surface area contributed by atoms with Crippen LogP contribution in [0.4, 0.5) is 18.0 Å². The van der Waals surface area contributed by atoms with Gasteiger partial charge in [-0.25, -0.2) is 4.79 Å². The molecule has 0 aliphatic rings. The molecular weight excluding hydrogens is 377 g/mol. The molecule has 0 aromatic heterocycles. The summed E-state index contributed by atoms with van der Waals surface area (Å²) in [5, 5.41) is 4.84. The standard InChI is InChI=1S/C23H19F3N2O/c1-28(16-19-11-5-10-18-9-2-3-13-21(18)19)22(29)27-14-6-8-17-7-4-12-20(15-17)23(24,25)26/h2-5,7,9-13,15H,14,16H2,1H3,(H,27,29). The molecule has 3 aromatic carbocycles. The lowest BCUT2D eigenvalue weighted by Crippen LogP contribution is -2.37. The molecule has 0 aliphatic carbocycles. The maximum atomic E-state index is 12.7. The highest BCUT2D eigenvalue weighted by Gasteiger charge is 2.30. The van der Waals surface area contributed by atoms with Crippen molar-refractivity contribution in [3.8, 4) is 11.8 Å². The quantitative estimate of drug-likeness (QED) is 0.618. The summed E-state index contributed by atoms with van der Waals surface area (Å²) >= 11 is 0. The Kier molecular flexibility index (Phi) is 6.08. The van der Waals surface area contributed by atoms with Gasteiger partial charge < -0.3 is 10.2 Å². The zero-order valence-electron chi connectivity index (χ0n) is 15.8. The molecule has 148 valence electrons. The number of hydrogen-bond acceptors (Lipinski definition) is 1. The van der Waals surface area contributed by atoms with E-state index in [-0.39, 0.29) is 18.1 Å². The third kappa shape index (κ3) is 5.29. The molecule has 0 unspecified atom stereocenters. The lowest BCUT2D eigenvalue weighted by atomic mass is 10.0. The lowest BCUT2D eigenvalue weighted by Gasteiger charge is -2.18. The summed E-state index contributed by atoms with van der Waals surface area (Å²) in [5.74, 6) is 5.33. The van der Waals surface area contributed by atoms with Crippen LogP contribution in [0, 0.1) is 11.8 Å². The summed E-state index contributed by atoms with van der Waals surface area (Å²) < 4.78 is 38.1. The number of nitrogens with one attached hydrogen (secondary N) is 1. The highest BCUT2D eigenvalue weighted by Crippen LogP contribution is 2.29. The van der Waals surface area contributed by atoms with E-state index < -0.39 is 11.7 Å². The molecule has 0 bridgehead atoms. The summed E-state index contributed by atoms with van der Waals surface area (Å²) in [7, 11) is 1.68. The molecule has 3 aromatic rings. The van der Waals surface area contributed by atoms with Crippen LogP contribution in [0.25, 0.3) is 10.8 Å². The van der Waals surface area contributed by atoms with Gasteiger partial charge in [0.05, 0.1) is 12.1 Å². The number of carbonyl (C=O) groups excluding carboxylic acids is 1. The monoisotopic (exact) mass is 396 g/mol. The average molecular weight is 396 g/mol. The third-order valence-corrected chi connectivity index (χ3v) is 4.38. The van der Waals surface area contributed by atoms with E-state index in [2.05, 4.69) is 17.2 Å². The maximum Gasteiger partial charge on any atom is 0.416 e. The summed E-state index contributed by atoms with van der Waals surface area (Å²) in [4.78, 5) is 13.8. The molecule has 0 atom stereocenters. The van der Waals surface area contributed by atoms with E-state index in [1.165, 1.54) is 17.0 Å². The number of carbonyl (C=O) groups is 1. The van der Waals surface area contributed by atoms with E-state index >= 15 is 0 Å². The van der Waals surface area contributed by atoms with Gasteiger partial charge in [0.25, 0.3) is 0 Å². The molecule has 1 N–H and O–H groups in total. The Hall–Kier alpha value is -3.46. The van der Waals surface area contributed by atoms with Gasteiger partial charge in [-0.3, -0.25) is 0 Å². The molecule has 3 rings (SSSR count). The van der Waals surface area contributed by atoms with Gasteiger partial charge in [0, 0.05) is 19.2 Å². The molecule has 0 heterocycles. The number of urea groups is 1. The van der Waals surface area contributed by atoms with Crippen LogP contribution in [0.3, 0.4) is 0 Å². The van der Waals surface area contributed by atoms with Crippen molar-refractivity contribution in [3.63, 3.8) is 0 Å². The predicted octanol–water partition coefficient (Wildman–Crippen LogP) is 5.05. The van der Waals surface area contributed by atoms with Crippen LogP contribution in [0.1, 0.15) is 16.7 Å². The van der Waals surface area contributed by atoms with E-state index in [1.807, 2.05) is 42.5 Å². The summed E-state index contributed by atoms with van der Waals surface area (Å²) in [6.45, 7) is 0.462. The van der Waals surface area contributed by atoms with Gasteiger partial charge >= 0.3 is 12.2 Å². The van der Waals surface area contributed by atoms with E-state index in [9.17, 15) is 18.0 Å². The van der Waals surface area contributed by atoms with Crippen molar-refractivity contribution in [2.24, 2.45) is 0 Å². The minimum atomic E-state index is -4.41. The minimum Gasteiger partial charge on any atom is -0.327 e. The van der Waals surface area contributed by atoms with Crippen molar-refractivity contribution in [3.05, 3.63) is 83.4 Å². The number of alkyl halides is 3. The van der Waals surface area contributed by atoms with Crippen molar-refractivity contribution >= 4 is 16.8 Å². The average Bonchev–Trinajstić information content (AvgIpc) is 2.71. The zero-order valence-corrected chi connectivity index (χ0v) is 15.8. The van der Waals surface area contributed by atoms with E-state index in [1.54, 1.807) is 7.05 Å². The lowest BCUT2D eigenvalue weighted by molar-refractivity contribution is -0.137. The Balaban J connectivity index is 1.58. The Labute approximate surface area is 167 Å². The van der Waals surface area contributed by atoms with Crippen LogP contribution >= 0.6 is 0 Å². The van der Waals surface area contributed by atoms with Gasteiger partial charge in [0.15, 0.2) is 0 Å². The van der Waals surface area contributed by atoms with Gasteiger partial charge in [-0.2, -0.15) is 13.2 Å². The van der Waals surface area contributed by atoms with Crippen LogP contribution in [0.5, 0.6) is 0 Å². The molecule has 0 saturated carbocycles. The second-order valence-electron chi connectivity index (χ2n) is 6.53. The van der Waals surface area contributed by atoms with Gasteiger partial charge in [-0.1, -0.05) is 60.4 Å². The fourth-order valence-corrected chi connectivity index (χ4v) is 2.93. The largest absolute Gasteiger partial charge is 0.416 e. The molecular formula is C23H19F3N2O. The number of fused-ring (bicyclic) bond motifs is 1. The fraction of sp³-hybridized carbons (Fsp3) is 0.174. The minimum absolute atomic E-state index is 0.0367. The molecule has 29 heavy (non-hydrogen) atoms. The highest BCUT2D eigenvalue weighted by atomic mass is 19.4. The predicted molar refractivity (Wildman–Crippen MR) is 107 cm³/mol. The third-order valence-electron chi connectivity index (χ3n) is 4.38. The number of rotatable bonds is 3. The second kappa shape index (κ2) is 8.70. The van der Waals surface area contributed by atoms with Gasteiger partial charge in [0.1, 0.15) is 0 Å². The van der Waals surface area contributed by atoms with Gasteiger partial charge in [0.2, 0.25) is 0 Å². The first kappa shape index (κ1) is 20.3. The first-order valence-electron chi connectivity index (χ1n) is 8.96. The van der Waals surface area contributed by atoms with Crippen molar-refractivity contribution in [2.45, 2.75) is 12.7 Å². The first-order valence-corrected chi connectivity index (χ1v) is 8.96. The number of benzene rings is 3. The second-order valence-corrected chi connectivity index (χ2v) is 6.53. The molecule has 0 fully saturated rings. The molecule has 0 aliphatic heterocycles. The number of nitrogens with zero attached hydrogens (tertiary/aromatic N) is 1. The first-order chi connectivity index (χ1) is 13.8. The number of halogens is 3. The SMILES string of the molecule is CN(Cc1cccc2ccccc12)C(=O)NCC#Cc1cccc(C(F)(F)F)c1. The van der Waals surface area contributed by atoms with Crippen LogP contribution < -0.4 is 5.32 Å². The summed E-state index contributed by atoms with van der Waals surface area (Å²) in [6, 6.07) is 18.4. The molecule has 6 heteroatoms. The summed E-state index contributed by atoms with van der Waals surface area (Å²) in [6.07, 6.45) is -4.41. The van der Waals surface area contributed by atoms with Crippen LogP contribution in [-0.2, 0) is 12.7 Å². The Bertz CT molecular complexity index is 1080. The molecule has 3 nitrogen and oxygen atoms in total. The Morgan fingerprint density at radius 3 is 2.55 bits per heavy atom. The van der Waals surface area contributed by atoms with Crippen LogP contribution in [-0.4, -0.2) is 24.5 Å². The van der Waals surface area contributed by atoms with Crippen molar-refractivity contribution < 1.29 is 18.0 Å². The van der Waals surface area contributed by atoms with E-state index in [0.29, 0.717) is 6.54 Å². The summed E-state index contributed by atoms with van der Waals surface area (Å²) in [5.41, 5.74) is 0.525. The molecule has 0 saturated heterocycles. The number of hydrogen-bond donors (Lipinski definition) is 1. The van der Waals surface area contributed by atoms with Crippen molar-refractivity contribution in [1.29, 1.82) is 0 Å². The fourth-order valence-electron chi connectivity index (χ4n) is 2.93. The normalized spacial score (nSPS) is 10.9. The molecule has 2 amide bonds. The van der Waals surface area contributed by atoms with Crippen LogP contribution in [0.15, 0.2) is 66.7 Å². The maximum absolute atomic E-state index is 12.7. The Morgan fingerprint density at radius 2 is 1.76 bits per heavy atom. The zero-order chi connectivity index (χ0) is 20.9. The van der Waals surface area contributed by atoms with E-state index in [0.717, 1.165) is 28.5 Å².